The average molecular weight is 600 g/mol. The summed E-state index contributed by atoms with van der Waals surface area (Å²) in [5.41, 5.74) is 9.67. The molecule has 6 heterocycles. The summed E-state index contributed by atoms with van der Waals surface area (Å²) in [6.45, 7) is 0. The third kappa shape index (κ3) is 4.52. The van der Waals surface area contributed by atoms with Crippen LogP contribution in [0.5, 0.6) is 0 Å². The number of rotatable bonds is 6. The Balaban J connectivity index is 1.09. The second-order valence-electron chi connectivity index (χ2n) is 10.6. The van der Waals surface area contributed by atoms with Gasteiger partial charge in [0.25, 0.3) is 0 Å². The van der Waals surface area contributed by atoms with Gasteiger partial charge in [-0.15, -0.1) is 0 Å². The van der Waals surface area contributed by atoms with Gasteiger partial charge in [0, 0.05) is 52.3 Å². The molecule has 10 nitrogen and oxygen atoms in total. The van der Waals surface area contributed by atoms with Crippen LogP contribution >= 0.6 is 0 Å². The molecule has 46 heavy (non-hydrogen) atoms. The van der Waals surface area contributed by atoms with Gasteiger partial charge < -0.3 is 18.2 Å². The maximum atomic E-state index is 5.95. The first-order valence-electron chi connectivity index (χ1n) is 14.5. The number of hydrogen-bond donors (Lipinski definition) is 0. The summed E-state index contributed by atoms with van der Waals surface area (Å²) < 4.78 is 17.9. The Morgan fingerprint density at radius 1 is 0.370 bits per heavy atom. The summed E-state index contributed by atoms with van der Waals surface area (Å²) in [6, 6.07) is 29.8. The minimum atomic E-state index is 0.539. The summed E-state index contributed by atoms with van der Waals surface area (Å²) in [5, 5.41) is 0. The topological polar surface area (TPSA) is 120 Å². The predicted molar refractivity (Wildman–Crippen MR) is 174 cm³/mol. The molecule has 0 atom stereocenters. The Morgan fingerprint density at radius 2 is 0.674 bits per heavy atom. The second kappa shape index (κ2) is 10.5. The Labute approximate surface area is 260 Å². The highest BCUT2D eigenvalue weighted by Gasteiger charge is 2.17. The van der Waals surface area contributed by atoms with Crippen LogP contribution in [0.25, 0.3) is 67.7 Å². The van der Waals surface area contributed by atoms with Crippen molar-refractivity contribution >= 4 is 50.4 Å². The molecule has 0 aliphatic rings. The molecule has 0 N–H and O–H groups in total. The quantitative estimate of drug-likeness (QED) is 0.183. The van der Waals surface area contributed by atoms with E-state index in [9.17, 15) is 0 Å². The molecular weight excluding hydrogens is 578 g/mol. The van der Waals surface area contributed by atoms with E-state index in [0.29, 0.717) is 34.4 Å². The molecule has 0 saturated carbocycles. The zero-order valence-corrected chi connectivity index (χ0v) is 24.0. The normalized spacial score (nSPS) is 11.5. The van der Waals surface area contributed by atoms with E-state index in [2.05, 4.69) is 34.8 Å². The van der Waals surface area contributed by atoms with Crippen molar-refractivity contribution in [2.24, 2.45) is 0 Å². The van der Waals surface area contributed by atoms with E-state index in [-0.39, 0.29) is 0 Å². The Kier molecular flexibility index (Phi) is 5.88. The number of pyridine rings is 3. The predicted octanol–water partition coefficient (Wildman–Crippen LogP) is 8.77. The van der Waals surface area contributed by atoms with Gasteiger partial charge in [0.1, 0.15) is 16.6 Å². The largest absolute Gasteiger partial charge is 0.434 e. The Bertz CT molecular complexity index is 2100. The zero-order valence-electron chi connectivity index (χ0n) is 24.0. The molecule has 10 heteroatoms. The number of nitrogens with zero attached hydrogens (tertiary/aromatic N) is 7. The molecule has 9 rings (SSSR count). The van der Waals surface area contributed by atoms with Crippen LogP contribution in [0.15, 0.2) is 141 Å². The molecule has 0 saturated heterocycles. The van der Waals surface area contributed by atoms with Crippen molar-refractivity contribution in [2.75, 3.05) is 4.90 Å². The van der Waals surface area contributed by atoms with Gasteiger partial charge in [-0.2, -0.15) is 0 Å². The summed E-state index contributed by atoms with van der Waals surface area (Å²) in [7, 11) is 0. The fourth-order valence-corrected chi connectivity index (χ4v) is 5.42. The van der Waals surface area contributed by atoms with Crippen LogP contribution in [0, 0.1) is 0 Å². The SMILES string of the molecule is c1cc2nc(-c3ccc(N(c4ccc(-c5nc6ccncc6o5)cc4)c4ccc(-c5nc6ccncc6o5)cc4)cc3)oc2cn1. The maximum Gasteiger partial charge on any atom is 0.227 e. The van der Waals surface area contributed by atoms with E-state index in [1.807, 2.05) is 91.0 Å². The highest BCUT2D eigenvalue weighted by Crippen LogP contribution is 2.38. The van der Waals surface area contributed by atoms with Gasteiger partial charge in [-0.25, -0.2) is 15.0 Å². The smallest absolute Gasteiger partial charge is 0.227 e. The van der Waals surface area contributed by atoms with Gasteiger partial charge in [-0.05, 0) is 91.0 Å². The van der Waals surface area contributed by atoms with Gasteiger partial charge in [0.15, 0.2) is 16.7 Å². The summed E-state index contributed by atoms with van der Waals surface area (Å²) >= 11 is 0. The fourth-order valence-electron chi connectivity index (χ4n) is 5.42. The third-order valence-corrected chi connectivity index (χ3v) is 7.69. The van der Waals surface area contributed by atoms with Gasteiger partial charge in [-0.3, -0.25) is 15.0 Å². The first kappa shape index (κ1) is 25.8. The first-order valence-corrected chi connectivity index (χ1v) is 14.5. The lowest BCUT2D eigenvalue weighted by atomic mass is 10.1. The minimum Gasteiger partial charge on any atom is -0.434 e. The van der Waals surface area contributed by atoms with Gasteiger partial charge >= 0.3 is 0 Å². The molecule has 0 aliphatic heterocycles. The third-order valence-electron chi connectivity index (χ3n) is 7.69. The van der Waals surface area contributed by atoms with Crippen LogP contribution in [0.3, 0.4) is 0 Å². The average Bonchev–Trinajstić information content (AvgIpc) is 3.86. The van der Waals surface area contributed by atoms with Crippen LogP contribution in [0.1, 0.15) is 0 Å². The molecule has 0 radical (unpaired) electrons. The summed E-state index contributed by atoms with van der Waals surface area (Å²) in [5.74, 6) is 1.62. The molecule has 0 bridgehead atoms. The highest BCUT2D eigenvalue weighted by molar-refractivity contribution is 5.82. The van der Waals surface area contributed by atoms with E-state index in [1.165, 1.54) is 0 Å². The van der Waals surface area contributed by atoms with E-state index in [1.54, 1.807) is 37.2 Å². The monoisotopic (exact) mass is 599 g/mol. The van der Waals surface area contributed by atoms with Gasteiger partial charge in [-0.1, -0.05) is 0 Å². The lowest BCUT2D eigenvalue weighted by Gasteiger charge is -2.26. The van der Waals surface area contributed by atoms with Gasteiger partial charge in [0.05, 0.1) is 18.6 Å². The van der Waals surface area contributed by atoms with Crippen LogP contribution in [-0.4, -0.2) is 29.9 Å². The molecule has 0 spiro atoms. The molecule has 0 unspecified atom stereocenters. The van der Waals surface area contributed by atoms with Crippen LogP contribution < -0.4 is 4.90 Å². The van der Waals surface area contributed by atoms with Crippen molar-refractivity contribution in [1.82, 2.24) is 29.9 Å². The summed E-state index contributed by atoms with van der Waals surface area (Å²) in [6.07, 6.45) is 10.1. The van der Waals surface area contributed by atoms with E-state index in [0.717, 1.165) is 50.3 Å². The molecule has 0 fully saturated rings. The van der Waals surface area contributed by atoms with Crippen LogP contribution in [0.4, 0.5) is 17.1 Å². The lowest BCUT2D eigenvalue weighted by molar-refractivity contribution is 0.618. The van der Waals surface area contributed by atoms with Crippen LogP contribution in [-0.2, 0) is 0 Å². The van der Waals surface area contributed by atoms with Crippen molar-refractivity contribution in [3.63, 3.8) is 0 Å². The standard InChI is InChI=1S/C36H21N7O3/c1-7-25(8-2-22(1)34-40-28-13-16-37-19-31(28)44-34)43(26-9-3-23(4-10-26)35-41-29-14-17-38-20-32(29)45-35)27-11-5-24(6-12-27)36-42-30-15-18-39-21-33(30)46-36/h1-21H. The van der Waals surface area contributed by atoms with Crippen molar-refractivity contribution in [3.8, 4) is 34.4 Å². The first-order chi connectivity index (χ1) is 22.7. The molecule has 0 amide bonds. The molecule has 9 aromatic rings. The fraction of sp³-hybridized carbons (Fsp3) is 0. The van der Waals surface area contributed by atoms with Crippen molar-refractivity contribution in [2.45, 2.75) is 0 Å². The molecule has 218 valence electrons. The van der Waals surface area contributed by atoms with Crippen molar-refractivity contribution in [1.29, 1.82) is 0 Å². The van der Waals surface area contributed by atoms with E-state index >= 15 is 0 Å². The van der Waals surface area contributed by atoms with Crippen LogP contribution in [0.2, 0.25) is 0 Å². The highest BCUT2D eigenvalue weighted by atomic mass is 16.4. The minimum absolute atomic E-state index is 0.539. The molecule has 3 aromatic carbocycles. The molecule has 0 aliphatic carbocycles. The number of oxazole rings is 3. The number of hydrogen-bond acceptors (Lipinski definition) is 10. The van der Waals surface area contributed by atoms with Gasteiger partial charge in [0.2, 0.25) is 17.7 Å². The number of benzene rings is 3. The Morgan fingerprint density at radius 3 is 0.957 bits per heavy atom. The Hall–Kier alpha value is -6.68. The number of aromatic nitrogens is 6. The van der Waals surface area contributed by atoms with E-state index in [4.69, 9.17) is 13.3 Å². The maximum absolute atomic E-state index is 5.95. The number of anilines is 3. The second-order valence-corrected chi connectivity index (χ2v) is 10.6. The zero-order chi connectivity index (χ0) is 30.5. The van der Waals surface area contributed by atoms with Crippen molar-refractivity contribution < 1.29 is 13.3 Å². The van der Waals surface area contributed by atoms with E-state index < -0.39 is 0 Å². The molecular formula is C36H21N7O3. The summed E-state index contributed by atoms with van der Waals surface area (Å²) in [4.78, 5) is 28.4. The van der Waals surface area contributed by atoms with Crippen molar-refractivity contribution in [3.05, 3.63) is 128 Å². The molecule has 6 aromatic heterocycles. The number of fused-ring (bicyclic) bond motifs is 3. The lowest BCUT2D eigenvalue weighted by Crippen LogP contribution is -2.09.